The Bertz CT molecular complexity index is 664. The molecule has 0 aliphatic heterocycles. The molecule has 0 heterocycles. The van der Waals surface area contributed by atoms with Gasteiger partial charge in [-0.1, -0.05) is 48.0 Å². The summed E-state index contributed by atoms with van der Waals surface area (Å²) in [6, 6.07) is 16.2. The summed E-state index contributed by atoms with van der Waals surface area (Å²) < 4.78 is 0. The summed E-state index contributed by atoms with van der Waals surface area (Å²) in [5.41, 5.74) is 7.28. The number of carbonyl (C=O) groups is 2. The molecule has 0 aliphatic rings. The minimum absolute atomic E-state index is 0.132. The molecule has 2 N–H and O–H groups in total. The Hall–Kier alpha value is -2.88. The van der Waals surface area contributed by atoms with Crippen LogP contribution in [0.3, 0.4) is 0 Å². The summed E-state index contributed by atoms with van der Waals surface area (Å²) in [5, 5.41) is 0. The maximum absolute atomic E-state index is 11.8. The zero-order chi connectivity index (χ0) is 15.1. The van der Waals surface area contributed by atoms with E-state index in [2.05, 4.69) is 10.9 Å². The van der Waals surface area contributed by atoms with Gasteiger partial charge in [0.15, 0.2) is 5.78 Å². The van der Waals surface area contributed by atoms with Crippen LogP contribution in [0.4, 0.5) is 0 Å². The highest BCUT2D eigenvalue weighted by molar-refractivity contribution is 6.04. The third-order valence-electron chi connectivity index (χ3n) is 2.84. The number of allylic oxidation sites excluding steroid dienone is 1. The molecule has 0 aliphatic carbocycles. The van der Waals surface area contributed by atoms with Crippen molar-refractivity contribution in [3.8, 4) is 0 Å². The van der Waals surface area contributed by atoms with Gasteiger partial charge in [-0.05, 0) is 19.1 Å². The summed E-state index contributed by atoms with van der Waals surface area (Å²) in [6.45, 7) is 1.92. The van der Waals surface area contributed by atoms with E-state index < -0.39 is 0 Å². The number of aryl methyl sites for hydroxylation is 1. The van der Waals surface area contributed by atoms with Crippen LogP contribution in [0.2, 0.25) is 0 Å². The molecule has 2 aromatic carbocycles. The van der Waals surface area contributed by atoms with Gasteiger partial charge in [0.25, 0.3) is 5.91 Å². The molecule has 0 aromatic heterocycles. The predicted octanol–water partition coefficient (Wildman–Crippen LogP) is 2.63. The number of ketones is 1. The van der Waals surface area contributed by atoms with Gasteiger partial charge in [-0.3, -0.25) is 15.0 Å². The van der Waals surface area contributed by atoms with Crippen LogP contribution < -0.4 is 10.9 Å². The van der Waals surface area contributed by atoms with Crippen molar-refractivity contribution in [1.29, 1.82) is 0 Å². The second kappa shape index (κ2) is 7.05. The molecule has 4 heteroatoms. The smallest absolute Gasteiger partial charge is 0.269 e. The summed E-state index contributed by atoms with van der Waals surface area (Å²) in [7, 11) is 0. The van der Waals surface area contributed by atoms with Crippen molar-refractivity contribution >= 4 is 11.7 Å². The van der Waals surface area contributed by atoms with E-state index >= 15 is 0 Å². The van der Waals surface area contributed by atoms with Gasteiger partial charge < -0.3 is 5.43 Å². The second-order valence-electron chi connectivity index (χ2n) is 4.53. The number of hydrazine groups is 1. The molecule has 0 spiro atoms. The van der Waals surface area contributed by atoms with Gasteiger partial charge in [0.05, 0.1) is 0 Å². The molecule has 0 saturated heterocycles. The van der Waals surface area contributed by atoms with E-state index in [0.717, 1.165) is 5.56 Å². The quantitative estimate of drug-likeness (QED) is 0.503. The van der Waals surface area contributed by atoms with Crippen LogP contribution in [-0.4, -0.2) is 11.7 Å². The van der Waals surface area contributed by atoms with E-state index in [1.807, 2.05) is 25.1 Å². The first-order valence-electron chi connectivity index (χ1n) is 6.55. The highest BCUT2D eigenvalue weighted by Gasteiger charge is 2.03. The molecule has 0 bridgehead atoms. The predicted molar refractivity (Wildman–Crippen MR) is 81.7 cm³/mol. The fourth-order valence-electron chi connectivity index (χ4n) is 1.78. The lowest BCUT2D eigenvalue weighted by Crippen LogP contribution is -2.33. The molecule has 4 nitrogen and oxygen atoms in total. The minimum Gasteiger partial charge on any atom is -0.305 e. The standard InChI is InChI=1S/C17H16N2O2/c1-13-6-5-9-15(12-13)17(21)19-18-11-10-16(20)14-7-3-2-4-8-14/h2-12,18H,1H3,(H,19,21)/b11-10-. The lowest BCUT2D eigenvalue weighted by molar-refractivity contribution is 0.0939. The molecule has 0 atom stereocenters. The molecular formula is C17H16N2O2. The number of hydrogen-bond donors (Lipinski definition) is 2. The number of amides is 1. The normalized spacial score (nSPS) is 10.3. The first-order valence-corrected chi connectivity index (χ1v) is 6.55. The van der Waals surface area contributed by atoms with Gasteiger partial charge in [0.2, 0.25) is 0 Å². The molecule has 1 amide bonds. The summed E-state index contributed by atoms with van der Waals surface area (Å²) >= 11 is 0. The largest absolute Gasteiger partial charge is 0.305 e. The average molecular weight is 280 g/mol. The summed E-state index contributed by atoms with van der Waals surface area (Å²) in [6.07, 6.45) is 2.77. The number of benzene rings is 2. The topological polar surface area (TPSA) is 58.2 Å². The van der Waals surface area contributed by atoms with Gasteiger partial charge in [-0.15, -0.1) is 0 Å². The Morgan fingerprint density at radius 3 is 2.38 bits per heavy atom. The summed E-state index contributed by atoms with van der Waals surface area (Å²) in [4.78, 5) is 23.6. The molecule has 0 fully saturated rings. The molecule has 2 aromatic rings. The third kappa shape index (κ3) is 4.31. The number of carbonyl (C=O) groups excluding carboxylic acids is 2. The van der Waals surface area contributed by atoms with Crippen molar-refractivity contribution in [3.63, 3.8) is 0 Å². The first kappa shape index (κ1) is 14.5. The Balaban J connectivity index is 1.85. The zero-order valence-electron chi connectivity index (χ0n) is 11.7. The Morgan fingerprint density at radius 1 is 0.952 bits per heavy atom. The molecular weight excluding hydrogens is 264 g/mol. The van der Waals surface area contributed by atoms with E-state index in [0.29, 0.717) is 11.1 Å². The van der Waals surface area contributed by atoms with Crippen LogP contribution in [0.1, 0.15) is 26.3 Å². The fraction of sp³-hybridized carbons (Fsp3) is 0.0588. The molecule has 106 valence electrons. The van der Waals surface area contributed by atoms with Gasteiger partial charge in [-0.25, -0.2) is 0 Å². The first-order chi connectivity index (χ1) is 10.2. The molecule has 0 saturated carbocycles. The van der Waals surface area contributed by atoms with E-state index in [1.165, 1.54) is 12.3 Å². The van der Waals surface area contributed by atoms with Crippen molar-refractivity contribution in [1.82, 2.24) is 10.9 Å². The van der Waals surface area contributed by atoms with Crippen LogP contribution in [0, 0.1) is 6.92 Å². The van der Waals surface area contributed by atoms with Crippen LogP contribution in [0.5, 0.6) is 0 Å². The van der Waals surface area contributed by atoms with Crippen molar-refractivity contribution < 1.29 is 9.59 Å². The number of nitrogens with one attached hydrogen (secondary N) is 2. The Kier molecular flexibility index (Phi) is 4.88. The molecule has 0 unspecified atom stereocenters. The molecule has 2 rings (SSSR count). The van der Waals surface area contributed by atoms with E-state index in [1.54, 1.807) is 36.4 Å². The van der Waals surface area contributed by atoms with Crippen molar-refractivity contribution in [3.05, 3.63) is 83.6 Å². The third-order valence-corrected chi connectivity index (χ3v) is 2.84. The number of rotatable bonds is 5. The Morgan fingerprint density at radius 2 is 1.67 bits per heavy atom. The second-order valence-corrected chi connectivity index (χ2v) is 4.53. The lowest BCUT2D eigenvalue weighted by atomic mass is 10.1. The Labute approximate surface area is 123 Å². The lowest BCUT2D eigenvalue weighted by Gasteiger charge is -2.04. The van der Waals surface area contributed by atoms with Crippen LogP contribution in [0.25, 0.3) is 0 Å². The van der Waals surface area contributed by atoms with Gasteiger partial charge in [0.1, 0.15) is 0 Å². The summed E-state index contributed by atoms with van der Waals surface area (Å²) in [5.74, 6) is -0.386. The van der Waals surface area contributed by atoms with Gasteiger partial charge in [0, 0.05) is 23.4 Å². The fourth-order valence-corrected chi connectivity index (χ4v) is 1.78. The maximum atomic E-state index is 11.8. The van der Waals surface area contributed by atoms with Gasteiger partial charge in [-0.2, -0.15) is 0 Å². The van der Waals surface area contributed by atoms with E-state index in [9.17, 15) is 9.59 Å². The van der Waals surface area contributed by atoms with Crippen molar-refractivity contribution in [2.24, 2.45) is 0 Å². The molecule has 21 heavy (non-hydrogen) atoms. The SMILES string of the molecule is Cc1cccc(C(=O)NN/C=C\C(=O)c2ccccc2)c1. The minimum atomic E-state index is -0.254. The number of hydrogen-bond acceptors (Lipinski definition) is 3. The highest BCUT2D eigenvalue weighted by Crippen LogP contribution is 2.03. The van der Waals surface area contributed by atoms with Crippen molar-refractivity contribution in [2.75, 3.05) is 0 Å². The van der Waals surface area contributed by atoms with Crippen LogP contribution in [0.15, 0.2) is 66.9 Å². The zero-order valence-corrected chi connectivity index (χ0v) is 11.7. The highest BCUT2D eigenvalue weighted by atomic mass is 16.2. The van der Waals surface area contributed by atoms with Gasteiger partial charge >= 0.3 is 0 Å². The van der Waals surface area contributed by atoms with E-state index in [-0.39, 0.29) is 11.7 Å². The van der Waals surface area contributed by atoms with Crippen molar-refractivity contribution in [2.45, 2.75) is 6.92 Å². The molecule has 0 radical (unpaired) electrons. The average Bonchev–Trinajstić information content (AvgIpc) is 2.52. The van der Waals surface area contributed by atoms with Crippen LogP contribution in [-0.2, 0) is 0 Å². The van der Waals surface area contributed by atoms with E-state index in [4.69, 9.17) is 0 Å². The maximum Gasteiger partial charge on any atom is 0.269 e. The van der Waals surface area contributed by atoms with Crippen LogP contribution >= 0.6 is 0 Å². The monoisotopic (exact) mass is 280 g/mol.